The standard InChI is InChI=1S/C19H18N2O2S/c1-3-14(24)17-15(12-5-4-9-20-19(12)22-2)16-13(21-17)7-6-11-8-10-23-18(11)16/h4-7,9,21H,3,8,10H2,1-2H3. The van der Waals surface area contributed by atoms with Crippen LogP contribution in [0.1, 0.15) is 24.6 Å². The molecule has 0 atom stereocenters. The van der Waals surface area contributed by atoms with E-state index >= 15 is 0 Å². The van der Waals surface area contributed by atoms with Crippen LogP contribution in [0.25, 0.3) is 22.0 Å². The van der Waals surface area contributed by atoms with Gasteiger partial charge in [-0.2, -0.15) is 0 Å². The predicted molar refractivity (Wildman–Crippen MR) is 99.3 cm³/mol. The largest absolute Gasteiger partial charge is 0.492 e. The van der Waals surface area contributed by atoms with E-state index in [-0.39, 0.29) is 0 Å². The third kappa shape index (κ3) is 2.19. The van der Waals surface area contributed by atoms with Gasteiger partial charge in [-0.1, -0.05) is 25.2 Å². The molecule has 0 aliphatic carbocycles. The predicted octanol–water partition coefficient (Wildman–Crippen LogP) is 4.30. The number of aromatic amines is 1. The molecule has 0 bridgehead atoms. The molecule has 1 aromatic carbocycles. The van der Waals surface area contributed by atoms with E-state index in [4.69, 9.17) is 21.7 Å². The summed E-state index contributed by atoms with van der Waals surface area (Å²) in [5.74, 6) is 1.55. The monoisotopic (exact) mass is 338 g/mol. The smallest absolute Gasteiger partial charge is 0.221 e. The Morgan fingerprint density at radius 1 is 1.38 bits per heavy atom. The third-order valence-electron chi connectivity index (χ3n) is 4.45. The molecular weight excluding hydrogens is 320 g/mol. The van der Waals surface area contributed by atoms with E-state index in [9.17, 15) is 0 Å². The number of methoxy groups -OCH3 is 1. The maximum absolute atomic E-state index is 5.95. The first-order chi connectivity index (χ1) is 11.7. The molecule has 0 unspecified atom stereocenters. The SMILES string of the molecule is CCC(=S)c1[nH]c2ccc3c(c2c1-c1cccnc1OC)OCC3. The number of thiocarbonyl (C=S) groups is 1. The van der Waals surface area contributed by atoms with Crippen molar-refractivity contribution in [3.63, 3.8) is 0 Å². The summed E-state index contributed by atoms with van der Waals surface area (Å²) < 4.78 is 11.4. The molecule has 0 amide bonds. The Balaban J connectivity index is 2.11. The highest BCUT2D eigenvalue weighted by molar-refractivity contribution is 7.80. The van der Waals surface area contributed by atoms with Gasteiger partial charge in [0.05, 0.1) is 30.3 Å². The first-order valence-corrected chi connectivity index (χ1v) is 8.48. The van der Waals surface area contributed by atoms with Crippen LogP contribution in [-0.2, 0) is 6.42 Å². The maximum Gasteiger partial charge on any atom is 0.221 e. The number of hydrogen-bond donors (Lipinski definition) is 1. The lowest BCUT2D eigenvalue weighted by atomic mass is 9.98. The first kappa shape index (κ1) is 15.1. The van der Waals surface area contributed by atoms with Crippen molar-refractivity contribution in [3.05, 3.63) is 41.7 Å². The molecule has 0 saturated carbocycles. The number of hydrogen-bond acceptors (Lipinski definition) is 4. The maximum atomic E-state index is 5.95. The zero-order valence-electron chi connectivity index (χ0n) is 13.7. The Labute approximate surface area is 145 Å². The second kappa shape index (κ2) is 5.91. The van der Waals surface area contributed by atoms with E-state index in [0.717, 1.165) is 57.8 Å². The number of aromatic nitrogens is 2. The average molecular weight is 338 g/mol. The summed E-state index contributed by atoms with van der Waals surface area (Å²) in [4.78, 5) is 8.74. The molecule has 0 spiro atoms. The molecule has 1 N–H and O–H groups in total. The molecule has 4 nitrogen and oxygen atoms in total. The Hall–Kier alpha value is -2.40. The summed E-state index contributed by atoms with van der Waals surface area (Å²) in [5, 5.41) is 1.07. The van der Waals surface area contributed by atoms with Gasteiger partial charge in [-0.25, -0.2) is 4.98 Å². The minimum Gasteiger partial charge on any atom is -0.492 e. The van der Waals surface area contributed by atoms with Crippen molar-refractivity contribution in [2.24, 2.45) is 0 Å². The van der Waals surface area contributed by atoms with Crippen LogP contribution in [0, 0.1) is 0 Å². The average Bonchev–Trinajstić information content (AvgIpc) is 3.24. The number of fused-ring (bicyclic) bond motifs is 3. The van der Waals surface area contributed by atoms with Gasteiger partial charge in [0.25, 0.3) is 0 Å². The van der Waals surface area contributed by atoms with E-state index in [1.807, 2.05) is 12.1 Å². The minimum absolute atomic E-state index is 0.592. The van der Waals surface area contributed by atoms with Crippen LogP contribution in [0.4, 0.5) is 0 Å². The molecule has 3 aromatic rings. The summed E-state index contributed by atoms with van der Waals surface area (Å²) in [6.07, 6.45) is 3.46. The van der Waals surface area contributed by atoms with Crippen molar-refractivity contribution >= 4 is 28.0 Å². The van der Waals surface area contributed by atoms with Gasteiger partial charge in [0, 0.05) is 28.6 Å². The molecule has 5 heteroatoms. The minimum atomic E-state index is 0.592. The second-order valence-electron chi connectivity index (χ2n) is 5.79. The van der Waals surface area contributed by atoms with Gasteiger partial charge in [-0.15, -0.1) is 0 Å². The third-order valence-corrected chi connectivity index (χ3v) is 4.94. The molecule has 122 valence electrons. The topological polar surface area (TPSA) is 47.1 Å². The molecule has 0 radical (unpaired) electrons. The Bertz CT molecular complexity index is 946. The number of rotatable bonds is 4. The van der Waals surface area contributed by atoms with E-state index in [0.29, 0.717) is 5.88 Å². The van der Waals surface area contributed by atoms with Crippen LogP contribution < -0.4 is 9.47 Å². The van der Waals surface area contributed by atoms with Crippen molar-refractivity contribution in [2.75, 3.05) is 13.7 Å². The highest BCUT2D eigenvalue weighted by Gasteiger charge is 2.25. The lowest BCUT2D eigenvalue weighted by Crippen LogP contribution is -1.99. The summed E-state index contributed by atoms with van der Waals surface area (Å²) in [6.45, 7) is 2.79. The normalized spacial score (nSPS) is 12.9. The zero-order chi connectivity index (χ0) is 16.7. The van der Waals surface area contributed by atoms with Gasteiger partial charge in [0.2, 0.25) is 5.88 Å². The summed E-state index contributed by atoms with van der Waals surface area (Å²) >= 11 is 5.62. The van der Waals surface area contributed by atoms with Gasteiger partial charge in [-0.3, -0.25) is 0 Å². The zero-order valence-corrected chi connectivity index (χ0v) is 14.5. The van der Waals surface area contributed by atoms with Crippen LogP contribution in [0.2, 0.25) is 0 Å². The van der Waals surface area contributed by atoms with Crippen LogP contribution in [0.5, 0.6) is 11.6 Å². The lowest BCUT2D eigenvalue weighted by molar-refractivity contribution is 0.360. The molecular formula is C19H18N2O2S. The molecule has 2 aromatic heterocycles. The molecule has 0 saturated heterocycles. The summed E-state index contributed by atoms with van der Waals surface area (Å²) in [7, 11) is 1.64. The van der Waals surface area contributed by atoms with E-state index < -0.39 is 0 Å². The Kier molecular flexibility index (Phi) is 3.73. The number of H-pyrrole nitrogens is 1. The Morgan fingerprint density at radius 3 is 3.04 bits per heavy atom. The quantitative estimate of drug-likeness (QED) is 0.569. The molecule has 1 aliphatic heterocycles. The fourth-order valence-corrected chi connectivity index (χ4v) is 3.48. The van der Waals surface area contributed by atoms with Gasteiger partial charge >= 0.3 is 0 Å². The highest BCUT2D eigenvalue weighted by atomic mass is 32.1. The fourth-order valence-electron chi connectivity index (χ4n) is 3.32. The molecule has 3 heterocycles. The summed E-state index contributed by atoms with van der Waals surface area (Å²) in [5.41, 5.74) is 5.18. The number of pyridine rings is 1. The van der Waals surface area contributed by atoms with Gasteiger partial charge < -0.3 is 14.5 Å². The molecule has 4 rings (SSSR count). The number of benzene rings is 1. The van der Waals surface area contributed by atoms with Crippen molar-refractivity contribution in [1.82, 2.24) is 9.97 Å². The van der Waals surface area contributed by atoms with Crippen LogP contribution in [0.15, 0.2) is 30.5 Å². The van der Waals surface area contributed by atoms with Crippen LogP contribution in [0.3, 0.4) is 0 Å². The fraction of sp³-hybridized carbons (Fsp3) is 0.263. The van der Waals surface area contributed by atoms with E-state index in [1.165, 1.54) is 5.56 Å². The van der Waals surface area contributed by atoms with Crippen LogP contribution in [-0.4, -0.2) is 28.5 Å². The number of nitrogens with one attached hydrogen (secondary N) is 1. The number of nitrogens with zero attached hydrogens (tertiary/aromatic N) is 1. The van der Waals surface area contributed by atoms with Crippen molar-refractivity contribution in [2.45, 2.75) is 19.8 Å². The van der Waals surface area contributed by atoms with E-state index in [1.54, 1.807) is 13.3 Å². The summed E-state index contributed by atoms with van der Waals surface area (Å²) in [6, 6.07) is 8.17. The number of ether oxygens (including phenoxy) is 2. The first-order valence-electron chi connectivity index (χ1n) is 8.07. The van der Waals surface area contributed by atoms with Gasteiger partial charge in [0.1, 0.15) is 5.75 Å². The van der Waals surface area contributed by atoms with Crippen molar-refractivity contribution in [1.29, 1.82) is 0 Å². The van der Waals surface area contributed by atoms with E-state index in [2.05, 4.69) is 29.0 Å². The van der Waals surface area contributed by atoms with Crippen molar-refractivity contribution in [3.8, 4) is 22.8 Å². The van der Waals surface area contributed by atoms with Crippen molar-refractivity contribution < 1.29 is 9.47 Å². The molecule has 1 aliphatic rings. The van der Waals surface area contributed by atoms with Gasteiger partial charge in [-0.05, 0) is 30.2 Å². The Morgan fingerprint density at radius 2 is 2.25 bits per heavy atom. The van der Waals surface area contributed by atoms with Gasteiger partial charge in [0.15, 0.2) is 0 Å². The molecule has 0 fully saturated rings. The highest BCUT2D eigenvalue weighted by Crippen LogP contribution is 2.44. The lowest BCUT2D eigenvalue weighted by Gasteiger charge is -2.10. The van der Waals surface area contributed by atoms with Crippen LogP contribution >= 0.6 is 12.2 Å². The second-order valence-corrected chi connectivity index (χ2v) is 6.28. The molecule has 24 heavy (non-hydrogen) atoms.